The molecule has 0 aliphatic carbocycles. The normalized spacial score (nSPS) is 18.3. The van der Waals surface area contributed by atoms with E-state index in [1.807, 2.05) is 24.5 Å². The van der Waals surface area contributed by atoms with Gasteiger partial charge in [-0.25, -0.2) is 13.8 Å². The molecule has 0 saturated carbocycles. The minimum atomic E-state index is -1.13. The van der Waals surface area contributed by atoms with Crippen LogP contribution in [0.5, 0.6) is 0 Å². The summed E-state index contributed by atoms with van der Waals surface area (Å²) in [4.78, 5) is 30.3. The second-order valence-corrected chi connectivity index (χ2v) is 7.62. The molecule has 1 atom stereocenters. The summed E-state index contributed by atoms with van der Waals surface area (Å²) in [5.74, 6) is -3.80. The highest BCUT2D eigenvalue weighted by molar-refractivity contribution is 8.16. The monoisotopic (exact) mass is 408 g/mol. The van der Waals surface area contributed by atoms with Crippen molar-refractivity contribution >= 4 is 51.9 Å². The summed E-state index contributed by atoms with van der Waals surface area (Å²) in [7, 11) is 0. The molecule has 1 aliphatic heterocycles. The molecule has 2 aromatic rings. The SMILES string of the molecule is CSc1cccc(N=C2SC(CC(=O)O)C(=O)N2c2ccc(F)c(F)c2)c1. The molecule has 5 nitrogen and oxygen atoms in total. The van der Waals surface area contributed by atoms with Gasteiger partial charge in [0.05, 0.1) is 17.8 Å². The van der Waals surface area contributed by atoms with E-state index in [9.17, 15) is 18.4 Å². The van der Waals surface area contributed by atoms with E-state index in [0.717, 1.165) is 33.7 Å². The number of carbonyl (C=O) groups excluding carboxylic acids is 1. The summed E-state index contributed by atoms with van der Waals surface area (Å²) in [6.45, 7) is 0. The van der Waals surface area contributed by atoms with Crippen LogP contribution >= 0.6 is 23.5 Å². The Morgan fingerprint density at radius 2 is 2.04 bits per heavy atom. The molecule has 1 amide bonds. The fraction of sp³-hybridized carbons (Fsp3) is 0.167. The van der Waals surface area contributed by atoms with E-state index in [2.05, 4.69) is 4.99 Å². The molecule has 1 aliphatic rings. The lowest BCUT2D eigenvalue weighted by atomic mass is 10.2. The molecular formula is C18H14F2N2O3S2. The van der Waals surface area contributed by atoms with Gasteiger partial charge in [-0.05, 0) is 36.6 Å². The van der Waals surface area contributed by atoms with Gasteiger partial charge in [0.1, 0.15) is 5.25 Å². The van der Waals surface area contributed by atoms with E-state index in [0.29, 0.717) is 5.69 Å². The number of halogens is 2. The van der Waals surface area contributed by atoms with Crippen molar-refractivity contribution in [2.45, 2.75) is 16.6 Å². The standard InChI is InChI=1S/C18H14F2N2O3S2/c1-26-12-4-2-3-10(7-12)21-18-22(11-5-6-13(19)14(20)8-11)17(25)15(27-18)9-16(23)24/h2-8,15H,9H2,1H3,(H,23,24). The van der Waals surface area contributed by atoms with Crippen LogP contribution in [0.2, 0.25) is 0 Å². The van der Waals surface area contributed by atoms with Crippen molar-refractivity contribution in [2.75, 3.05) is 11.2 Å². The average molecular weight is 408 g/mol. The number of benzene rings is 2. The Balaban J connectivity index is 2.04. The van der Waals surface area contributed by atoms with E-state index in [-0.39, 0.29) is 10.9 Å². The van der Waals surface area contributed by atoms with Gasteiger partial charge in [-0.1, -0.05) is 17.8 Å². The number of carboxylic acids is 1. The summed E-state index contributed by atoms with van der Waals surface area (Å²) in [5, 5.41) is 8.36. The third-order valence-corrected chi connectivity index (χ3v) is 5.60. The zero-order chi connectivity index (χ0) is 19.6. The molecule has 1 heterocycles. The number of anilines is 1. The van der Waals surface area contributed by atoms with Gasteiger partial charge in [-0.2, -0.15) is 0 Å². The molecule has 9 heteroatoms. The number of amidine groups is 1. The van der Waals surface area contributed by atoms with Crippen LogP contribution < -0.4 is 4.90 Å². The number of hydrogen-bond acceptors (Lipinski definition) is 5. The minimum absolute atomic E-state index is 0.0964. The molecule has 2 aromatic carbocycles. The second-order valence-electron chi connectivity index (χ2n) is 5.57. The van der Waals surface area contributed by atoms with Crippen molar-refractivity contribution in [3.8, 4) is 0 Å². The van der Waals surface area contributed by atoms with Crippen molar-refractivity contribution in [2.24, 2.45) is 4.99 Å². The number of aliphatic carboxylic acids is 1. The summed E-state index contributed by atoms with van der Waals surface area (Å²) >= 11 is 2.52. The molecule has 1 unspecified atom stereocenters. The maximum atomic E-state index is 13.7. The summed E-state index contributed by atoms with van der Waals surface area (Å²) in [6.07, 6.45) is 1.52. The summed E-state index contributed by atoms with van der Waals surface area (Å²) in [6, 6.07) is 10.3. The third-order valence-electron chi connectivity index (χ3n) is 3.73. The van der Waals surface area contributed by atoms with E-state index < -0.39 is 35.2 Å². The van der Waals surface area contributed by atoms with Gasteiger partial charge in [0.25, 0.3) is 0 Å². The fourth-order valence-corrected chi connectivity index (χ4v) is 4.08. The van der Waals surface area contributed by atoms with Crippen molar-refractivity contribution in [1.29, 1.82) is 0 Å². The largest absolute Gasteiger partial charge is 0.481 e. The predicted molar refractivity (Wildman–Crippen MR) is 103 cm³/mol. The lowest BCUT2D eigenvalue weighted by molar-refractivity contribution is -0.138. The van der Waals surface area contributed by atoms with Crippen LogP contribution in [0.15, 0.2) is 52.4 Å². The molecule has 1 saturated heterocycles. The molecule has 27 heavy (non-hydrogen) atoms. The number of amides is 1. The van der Waals surface area contributed by atoms with Crippen LogP contribution in [0.1, 0.15) is 6.42 Å². The highest BCUT2D eigenvalue weighted by Crippen LogP contribution is 2.36. The smallest absolute Gasteiger partial charge is 0.305 e. The average Bonchev–Trinajstić information content (AvgIpc) is 2.92. The number of nitrogens with zero attached hydrogens (tertiary/aromatic N) is 2. The first-order chi connectivity index (χ1) is 12.9. The lowest BCUT2D eigenvalue weighted by Crippen LogP contribution is -2.32. The number of carboxylic acid groups (broad SMARTS) is 1. The minimum Gasteiger partial charge on any atom is -0.481 e. The number of carbonyl (C=O) groups is 2. The first kappa shape index (κ1) is 19.4. The van der Waals surface area contributed by atoms with Gasteiger partial charge < -0.3 is 5.11 Å². The Labute approximate surface area is 162 Å². The molecular weight excluding hydrogens is 394 g/mol. The molecule has 1 fully saturated rings. The van der Waals surface area contributed by atoms with E-state index in [4.69, 9.17) is 5.11 Å². The Morgan fingerprint density at radius 3 is 2.70 bits per heavy atom. The van der Waals surface area contributed by atoms with Crippen LogP contribution in [-0.2, 0) is 9.59 Å². The quantitative estimate of drug-likeness (QED) is 0.747. The van der Waals surface area contributed by atoms with Crippen LogP contribution in [-0.4, -0.2) is 33.7 Å². The van der Waals surface area contributed by atoms with Crippen LogP contribution in [0.25, 0.3) is 0 Å². The van der Waals surface area contributed by atoms with E-state index in [1.165, 1.54) is 17.8 Å². The highest BCUT2D eigenvalue weighted by atomic mass is 32.2. The van der Waals surface area contributed by atoms with Crippen LogP contribution in [0.4, 0.5) is 20.2 Å². The second kappa shape index (κ2) is 8.10. The highest BCUT2D eigenvalue weighted by Gasteiger charge is 2.40. The van der Waals surface area contributed by atoms with E-state index in [1.54, 1.807) is 6.07 Å². The first-order valence-electron chi connectivity index (χ1n) is 7.79. The van der Waals surface area contributed by atoms with Crippen LogP contribution in [0.3, 0.4) is 0 Å². The Hall–Kier alpha value is -2.39. The molecule has 1 N–H and O–H groups in total. The Kier molecular flexibility index (Phi) is 5.81. The zero-order valence-electron chi connectivity index (χ0n) is 14.1. The first-order valence-corrected chi connectivity index (χ1v) is 9.89. The van der Waals surface area contributed by atoms with E-state index >= 15 is 0 Å². The van der Waals surface area contributed by atoms with Crippen LogP contribution in [0, 0.1) is 11.6 Å². The Bertz CT molecular complexity index is 937. The topological polar surface area (TPSA) is 70.0 Å². The maximum absolute atomic E-state index is 13.7. The number of thioether (sulfide) groups is 2. The van der Waals surface area contributed by atoms with Gasteiger partial charge in [-0.3, -0.25) is 14.5 Å². The predicted octanol–water partition coefficient (Wildman–Crippen LogP) is 4.30. The number of rotatable bonds is 5. The molecule has 140 valence electrons. The van der Waals surface area contributed by atoms with Crippen molar-refractivity contribution in [1.82, 2.24) is 0 Å². The number of aliphatic imine (C=N–C) groups is 1. The van der Waals surface area contributed by atoms with Gasteiger partial charge >= 0.3 is 5.97 Å². The van der Waals surface area contributed by atoms with Crippen molar-refractivity contribution in [3.05, 3.63) is 54.1 Å². The molecule has 0 radical (unpaired) electrons. The molecule has 0 bridgehead atoms. The fourth-order valence-electron chi connectivity index (χ4n) is 2.48. The summed E-state index contributed by atoms with van der Waals surface area (Å²) in [5.41, 5.74) is 0.666. The maximum Gasteiger partial charge on any atom is 0.305 e. The summed E-state index contributed by atoms with van der Waals surface area (Å²) < 4.78 is 26.9. The van der Waals surface area contributed by atoms with Gasteiger partial charge in [0, 0.05) is 11.0 Å². The van der Waals surface area contributed by atoms with Crippen molar-refractivity contribution in [3.63, 3.8) is 0 Å². The lowest BCUT2D eigenvalue weighted by Gasteiger charge is -2.16. The van der Waals surface area contributed by atoms with Crippen molar-refractivity contribution < 1.29 is 23.5 Å². The van der Waals surface area contributed by atoms with Gasteiger partial charge in [-0.15, -0.1) is 11.8 Å². The van der Waals surface area contributed by atoms with Gasteiger partial charge in [0.15, 0.2) is 16.8 Å². The molecule has 0 spiro atoms. The Morgan fingerprint density at radius 1 is 1.26 bits per heavy atom. The van der Waals surface area contributed by atoms with Gasteiger partial charge in [0.2, 0.25) is 5.91 Å². The molecule has 3 rings (SSSR count). The zero-order valence-corrected chi connectivity index (χ0v) is 15.7. The number of hydrogen-bond donors (Lipinski definition) is 1. The molecule has 0 aromatic heterocycles. The third kappa shape index (κ3) is 4.30.